The Bertz CT molecular complexity index is 603. The molecule has 0 radical (unpaired) electrons. The van der Waals surface area contributed by atoms with E-state index >= 15 is 0 Å². The van der Waals surface area contributed by atoms with Gasteiger partial charge in [0.15, 0.2) is 0 Å². The minimum atomic E-state index is -3.69. The van der Waals surface area contributed by atoms with Gasteiger partial charge in [-0.1, -0.05) is 0 Å². The Kier molecular flexibility index (Phi) is 12.2. The molecule has 0 spiro atoms. The number of unbranched alkanes of at least 4 members (excludes halogenated alkanes) is 1. The maximum absolute atomic E-state index is 12.5. The van der Waals surface area contributed by atoms with Crippen LogP contribution in [0, 0.1) is 0 Å². The van der Waals surface area contributed by atoms with Crippen LogP contribution in [0.3, 0.4) is 0 Å². The molecule has 0 bridgehead atoms. The number of rotatable bonds is 12. The molecule has 2 N–H and O–H groups in total. The zero-order valence-corrected chi connectivity index (χ0v) is 19.4. The van der Waals surface area contributed by atoms with Crippen LogP contribution in [0.4, 0.5) is 9.59 Å². The second-order valence-electron chi connectivity index (χ2n) is 8.06. The van der Waals surface area contributed by atoms with E-state index in [1.165, 1.54) is 12.0 Å². The Morgan fingerprint density at radius 3 is 2.24 bits per heavy atom. The van der Waals surface area contributed by atoms with Crippen molar-refractivity contribution in [2.24, 2.45) is 0 Å². The Balaban J connectivity index is 4.72. The van der Waals surface area contributed by atoms with Gasteiger partial charge in [0.1, 0.15) is 11.7 Å². The van der Waals surface area contributed by atoms with E-state index in [0.717, 1.165) is 6.26 Å². The van der Waals surface area contributed by atoms with Gasteiger partial charge in [0.05, 0.1) is 19.4 Å². The normalized spacial score (nSPS) is 13.1. The quantitative estimate of drug-likeness (QED) is 0.350. The summed E-state index contributed by atoms with van der Waals surface area (Å²) in [6, 6.07) is -0.395. The molecule has 0 aliphatic carbocycles. The van der Waals surface area contributed by atoms with Crippen LogP contribution in [0.1, 0.15) is 47.5 Å². The first-order valence-electron chi connectivity index (χ1n) is 9.63. The highest BCUT2D eigenvalue weighted by Gasteiger charge is 2.23. The van der Waals surface area contributed by atoms with Gasteiger partial charge in [0.25, 0.3) is 10.1 Å². The van der Waals surface area contributed by atoms with E-state index < -0.39 is 27.9 Å². The second kappa shape index (κ2) is 12.9. The largest absolute Gasteiger partial charge is 0.444 e. The van der Waals surface area contributed by atoms with Crippen molar-refractivity contribution in [3.63, 3.8) is 0 Å². The van der Waals surface area contributed by atoms with Crippen LogP contribution in [0.2, 0.25) is 0 Å². The summed E-state index contributed by atoms with van der Waals surface area (Å²) in [6.07, 6.45) is 0.865. The van der Waals surface area contributed by atoms with Crippen molar-refractivity contribution in [3.05, 3.63) is 0 Å². The lowest BCUT2D eigenvalue weighted by molar-refractivity contribution is 0.0525. The van der Waals surface area contributed by atoms with E-state index in [-0.39, 0.29) is 25.2 Å². The van der Waals surface area contributed by atoms with Crippen LogP contribution in [-0.4, -0.2) is 82.8 Å². The zero-order valence-electron chi connectivity index (χ0n) is 18.6. The van der Waals surface area contributed by atoms with Gasteiger partial charge in [-0.2, -0.15) is 8.42 Å². The van der Waals surface area contributed by atoms with Gasteiger partial charge in [-0.3, -0.25) is 4.18 Å². The van der Waals surface area contributed by atoms with E-state index in [1.807, 2.05) is 13.8 Å². The fourth-order valence-corrected chi connectivity index (χ4v) is 2.95. The van der Waals surface area contributed by atoms with Gasteiger partial charge in [-0.15, -0.1) is 0 Å². The molecule has 1 atom stereocenters. The first-order valence-corrected chi connectivity index (χ1v) is 11.4. The van der Waals surface area contributed by atoms with Crippen molar-refractivity contribution in [1.82, 2.24) is 15.5 Å². The molecule has 0 aliphatic rings. The van der Waals surface area contributed by atoms with Crippen molar-refractivity contribution >= 4 is 22.2 Å². The van der Waals surface area contributed by atoms with Gasteiger partial charge in [0, 0.05) is 26.2 Å². The Hall–Kier alpha value is -1.59. The molecule has 0 fully saturated rings. The van der Waals surface area contributed by atoms with Crippen molar-refractivity contribution in [2.75, 3.05) is 39.6 Å². The van der Waals surface area contributed by atoms with Crippen molar-refractivity contribution < 1.29 is 31.7 Å². The van der Waals surface area contributed by atoms with Crippen molar-refractivity contribution in [3.8, 4) is 0 Å². The molecule has 0 aliphatic heterocycles. The molecule has 3 amide bonds. The maximum atomic E-state index is 12.5. The number of ether oxygens (including phenoxy) is 2. The van der Waals surface area contributed by atoms with E-state index in [2.05, 4.69) is 10.6 Å². The molecule has 0 saturated heterocycles. The summed E-state index contributed by atoms with van der Waals surface area (Å²) in [4.78, 5) is 25.6. The van der Waals surface area contributed by atoms with Crippen molar-refractivity contribution in [1.29, 1.82) is 0 Å². The minimum absolute atomic E-state index is 0.0265. The molecule has 0 heterocycles. The Labute approximate surface area is 174 Å². The topological polar surface area (TPSA) is 123 Å². The third-order valence-corrected chi connectivity index (χ3v) is 3.93. The molecule has 11 heteroatoms. The highest BCUT2D eigenvalue weighted by Crippen LogP contribution is 2.07. The molecule has 10 nitrogen and oxygen atoms in total. The lowest BCUT2D eigenvalue weighted by atomic mass is 10.2. The van der Waals surface area contributed by atoms with Crippen LogP contribution in [0.25, 0.3) is 0 Å². The highest BCUT2D eigenvalue weighted by atomic mass is 32.2. The third-order valence-electron chi connectivity index (χ3n) is 3.31. The number of carbonyl (C=O) groups excluding carboxylic acids is 2. The van der Waals surface area contributed by atoms with Crippen molar-refractivity contribution in [2.45, 2.75) is 65.2 Å². The molecule has 0 aromatic heterocycles. The number of urea groups is 1. The summed E-state index contributed by atoms with van der Waals surface area (Å²) in [7, 11) is -2.26. The standard InChI is InChI=1S/C18H37N3O7S/c1-14(2)20-16(22)21(12-15(13-26-6)28-29(7,24)25)11-9-8-10-19-17(23)27-18(3,4)5/h14-15H,8-13H2,1-7H3,(H,19,23)(H,20,22). The predicted molar refractivity (Wildman–Crippen MR) is 110 cm³/mol. The summed E-state index contributed by atoms with van der Waals surface area (Å²) in [5.74, 6) is 0. The molecule has 1 unspecified atom stereocenters. The predicted octanol–water partition coefficient (Wildman–Crippen LogP) is 1.70. The van der Waals surface area contributed by atoms with Gasteiger partial charge in [0.2, 0.25) is 0 Å². The number of hydrogen-bond acceptors (Lipinski definition) is 7. The van der Waals surface area contributed by atoms with Gasteiger partial charge < -0.3 is 25.0 Å². The number of carbonyl (C=O) groups is 2. The molecule has 172 valence electrons. The average molecular weight is 440 g/mol. The highest BCUT2D eigenvalue weighted by molar-refractivity contribution is 7.86. The average Bonchev–Trinajstić information content (AvgIpc) is 2.49. The minimum Gasteiger partial charge on any atom is -0.444 e. The molecule has 29 heavy (non-hydrogen) atoms. The number of methoxy groups -OCH3 is 1. The van der Waals surface area contributed by atoms with Crippen LogP contribution < -0.4 is 10.6 Å². The second-order valence-corrected chi connectivity index (χ2v) is 9.66. The third kappa shape index (κ3) is 16.0. The monoisotopic (exact) mass is 439 g/mol. The molecule has 0 rings (SSSR count). The summed E-state index contributed by atoms with van der Waals surface area (Å²) in [6.45, 7) is 9.86. The van der Waals surface area contributed by atoms with Gasteiger partial charge in [-0.05, 0) is 47.5 Å². The Morgan fingerprint density at radius 1 is 1.14 bits per heavy atom. The summed E-state index contributed by atoms with van der Waals surface area (Å²) in [5.41, 5.74) is -0.564. The maximum Gasteiger partial charge on any atom is 0.407 e. The molecule has 0 aromatic carbocycles. The van der Waals surface area contributed by atoms with Crippen LogP contribution in [-0.2, 0) is 23.8 Å². The first kappa shape index (κ1) is 27.4. The summed E-state index contributed by atoms with van der Waals surface area (Å²) < 4.78 is 38.1. The van der Waals surface area contributed by atoms with Crippen LogP contribution >= 0.6 is 0 Å². The molecular formula is C18H37N3O7S. The number of hydrogen-bond donors (Lipinski definition) is 2. The van der Waals surface area contributed by atoms with E-state index in [4.69, 9.17) is 13.7 Å². The van der Waals surface area contributed by atoms with E-state index in [9.17, 15) is 18.0 Å². The van der Waals surface area contributed by atoms with Gasteiger partial charge in [-0.25, -0.2) is 9.59 Å². The summed E-state index contributed by atoms with van der Waals surface area (Å²) in [5, 5.41) is 5.45. The van der Waals surface area contributed by atoms with E-state index in [0.29, 0.717) is 25.9 Å². The van der Waals surface area contributed by atoms with Gasteiger partial charge >= 0.3 is 12.1 Å². The fourth-order valence-electron chi connectivity index (χ4n) is 2.34. The smallest absolute Gasteiger partial charge is 0.407 e. The molecular weight excluding hydrogens is 402 g/mol. The molecule has 0 aromatic rings. The lowest BCUT2D eigenvalue weighted by Gasteiger charge is -2.28. The SMILES string of the molecule is COCC(CN(CCCCNC(=O)OC(C)(C)C)C(=O)NC(C)C)OS(C)(=O)=O. The zero-order chi connectivity index (χ0) is 22.7. The first-order chi connectivity index (χ1) is 13.2. The van der Waals surface area contributed by atoms with Crippen LogP contribution in [0.5, 0.6) is 0 Å². The fraction of sp³-hybridized carbons (Fsp3) is 0.889. The Morgan fingerprint density at radius 2 is 1.76 bits per heavy atom. The van der Waals surface area contributed by atoms with E-state index in [1.54, 1.807) is 20.8 Å². The molecule has 0 saturated carbocycles. The summed E-state index contributed by atoms with van der Waals surface area (Å²) >= 11 is 0. The number of alkyl carbamates (subject to hydrolysis) is 1. The lowest BCUT2D eigenvalue weighted by Crippen LogP contribution is -2.48. The number of nitrogens with one attached hydrogen (secondary N) is 2. The number of nitrogens with zero attached hydrogens (tertiary/aromatic N) is 1. The number of amides is 3. The van der Waals surface area contributed by atoms with Crippen LogP contribution in [0.15, 0.2) is 0 Å².